The van der Waals surface area contributed by atoms with Gasteiger partial charge < -0.3 is 14.9 Å². The number of nitrogens with one attached hydrogen (secondary N) is 1. The third-order valence-electron chi connectivity index (χ3n) is 4.93. The topological polar surface area (TPSA) is 111 Å². The number of alkyl halides is 3. The second-order valence-electron chi connectivity index (χ2n) is 8.45. The highest BCUT2D eigenvalue weighted by Crippen LogP contribution is 2.28. The van der Waals surface area contributed by atoms with E-state index < -0.39 is 23.4 Å². The lowest BCUT2D eigenvalue weighted by Gasteiger charge is -2.38. The van der Waals surface area contributed by atoms with Crippen LogP contribution in [0.2, 0.25) is 0 Å². The number of nitrogens with zero attached hydrogens (tertiary/aromatic N) is 5. The molecule has 2 N–H and O–H groups in total. The van der Waals surface area contributed by atoms with Crippen LogP contribution in [0.3, 0.4) is 0 Å². The Morgan fingerprint density at radius 3 is 2.22 bits per heavy atom. The number of rotatable bonds is 7. The molecule has 0 aliphatic carbocycles. The van der Waals surface area contributed by atoms with Crippen LogP contribution in [0.5, 0.6) is 0 Å². The first-order valence-corrected chi connectivity index (χ1v) is 10.1. The van der Waals surface area contributed by atoms with Crippen molar-refractivity contribution >= 4 is 17.9 Å². The van der Waals surface area contributed by atoms with Gasteiger partial charge in [0.1, 0.15) is 6.61 Å². The van der Waals surface area contributed by atoms with E-state index in [4.69, 9.17) is 4.84 Å². The first-order valence-electron chi connectivity index (χ1n) is 10.1. The average molecular weight is 462 g/mol. The summed E-state index contributed by atoms with van der Waals surface area (Å²) >= 11 is 0. The van der Waals surface area contributed by atoms with Crippen molar-refractivity contribution in [3.8, 4) is 0 Å². The summed E-state index contributed by atoms with van der Waals surface area (Å²) in [6.07, 6.45) is -4.05. The van der Waals surface area contributed by atoms with E-state index in [0.29, 0.717) is 26.2 Å². The molecular weight excluding hydrogens is 433 g/mol. The Morgan fingerprint density at radius 1 is 1.19 bits per heavy atom. The van der Waals surface area contributed by atoms with E-state index in [2.05, 4.69) is 15.4 Å². The number of hydrogen-bond donors (Lipinski definition) is 2. The van der Waals surface area contributed by atoms with Gasteiger partial charge >= 0.3 is 12.3 Å². The van der Waals surface area contributed by atoms with Crippen LogP contribution >= 0.6 is 0 Å². The van der Waals surface area contributed by atoms with Crippen LogP contribution < -0.4 is 10.4 Å². The van der Waals surface area contributed by atoms with E-state index in [1.807, 2.05) is 0 Å². The highest BCUT2D eigenvalue weighted by Gasteiger charge is 2.32. The van der Waals surface area contributed by atoms with Gasteiger partial charge in [-0.05, 0) is 27.7 Å². The predicted octanol–water partition coefficient (Wildman–Crippen LogP) is 1.83. The quantitative estimate of drug-likeness (QED) is 0.467. The van der Waals surface area contributed by atoms with E-state index in [0.717, 1.165) is 12.4 Å². The van der Waals surface area contributed by atoms with Crippen LogP contribution in [0.4, 0.5) is 23.9 Å². The van der Waals surface area contributed by atoms with Gasteiger partial charge in [0.05, 0.1) is 5.56 Å². The molecular formula is C19H29F3N6O4. The van der Waals surface area contributed by atoms with Gasteiger partial charge in [-0.25, -0.2) is 14.8 Å². The SMILES string of the molecule is CC(CNOCC(=O)N1CCN(c2ncc(C(F)(F)F)cn2)CC1)N(C(=O)O)C(C)(C)C. The van der Waals surface area contributed by atoms with Gasteiger partial charge in [-0.15, -0.1) is 0 Å². The fraction of sp³-hybridized carbons (Fsp3) is 0.684. The maximum atomic E-state index is 12.6. The minimum Gasteiger partial charge on any atom is -0.465 e. The van der Waals surface area contributed by atoms with Crippen molar-refractivity contribution in [1.82, 2.24) is 25.2 Å². The zero-order valence-corrected chi connectivity index (χ0v) is 18.5. The Balaban J connectivity index is 1.74. The molecule has 1 atom stereocenters. The molecule has 0 radical (unpaired) electrons. The Bertz CT molecular complexity index is 777. The number of carboxylic acid groups (broad SMARTS) is 1. The van der Waals surface area contributed by atoms with Crippen molar-refractivity contribution in [3.05, 3.63) is 18.0 Å². The summed E-state index contributed by atoms with van der Waals surface area (Å²) in [4.78, 5) is 41.1. The number of anilines is 1. The van der Waals surface area contributed by atoms with E-state index in [-0.39, 0.29) is 31.0 Å². The third kappa shape index (κ3) is 6.92. The summed E-state index contributed by atoms with van der Waals surface area (Å²) in [5.41, 5.74) is 1.14. The summed E-state index contributed by atoms with van der Waals surface area (Å²) in [7, 11) is 0. The molecule has 13 heteroatoms. The van der Waals surface area contributed by atoms with Crippen molar-refractivity contribution in [3.63, 3.8) is 0 Å². The summed E-state index contributed by atoms with van der Waals surface area (Å²) in [6.45, 7) is 8.52. The van der Waals surface area contributed by atoms with Gasteiger partial charge in [0, 0.05) is 56.7 Å². The van der Waals surface area contributed by atoms with Gasteiger partial charge in [-0.3, -0.25) is 14.5 Å². The monoisotopic (exact) mass is 462 g/mol. The number of halogens is 3. The number of piperazine rings is 1. The number of amides is 2. The molecule has 2 rings (SSSR count). The smallest absolute Gasteiger partial charge is 0.419 e. The molecule has 2 amide bonds. The summed E-state index contributed by atoms with van der Waals surface area (Å²) in [5.74, 6) is -0.0807. The normalized spacial score (nSPS) is 16.1. The van der Waals surface area contributed by atoms with Crippen LogP contribution in [0, 0.1) is 0 Å². The molecule has 1 aliphatic rings. The van der Waals surface area contributed by atoms with Crippen LogP contribution in [0.15, 0.2) is 12.4 Å². The van der Waals surface area contributed by atoms with E-state index in [1.165, 1.54) is 4.90 Å². The maximum Gasteiger partial charge on any atom is 0.419 e. The van der Waals surface area contributed by atoms with Gasteiger partial charge in [-0.1, -0.05) is 0 Å². The minimum atomic E-state index is -4.49. The number of carbonyl (C=O) groups is 2. The van der Waals surface area contributed by atoms with Crippen molar-refractivity contribution in [2.45, 2.75) is 45.5 Å². The van der Waals surface area contributed by atoms with Crippen molar-refractivity contribution < 1.29 is 32.7 Å². The van der Waals surface area contributed by atoms with Crippen molar-refractivity contribution in [1.29, 1.82) is 0 Å². The van der Waals surface area contributed by atoms with Gasteiger partial charge in [0.25, 0.3) is 5.91 Å². The van der Waals surface area contributed by atoms with Gasteiger partial charge in [-0.2, -0.15) is 18.7 Å². The molecule has 0 saturated carbocycles. The van der Waals surface area contributed by atoms with E-state index >= 15 is 0 Å². The lowest BCUT2D eigenvalue weighted by molar-refractivity contribution is -0.140. The second kappa shape index (κ2) is 10.3. The zero-order valence-electron chi connectivity index (χ0n) is 18.5. The first kappa shape index (κ1) is 25.6. The standard InChI is InChI=1S/C19H29F3N6O4/c1-13(28(17(30)31)18(2,3)4)9-25-32-12-15(29)26-5-7-27(8-6-26)16-23-10-14(11-24-16)19(20,21)22/h10-11,13,25H,5-9,12H2,1-4H3,(H,30,31). The Hall–Kier alpha value is -2.67. The van der Waals surface area contributed by atoms with Gasteiger partial charge in [0.2, 0.25) is 5.95 Å². The Kier molecular flexibility index (Phi) is 8.24. The highest BCUT2D eigenvalue weighted by atomic mass is 19.4. The molecule has 0 bridgehead atoms. The molecule has 180 valence electrons. The first-order chi connectivity index (χ1) is 14.8. The lowest BCUT2D eigenvalue weighted by Crippen LogP contribution is -2.53. The molecule has 10 nitrogen and oxygen atoms in total. The largest absolute Gasteiger partial charge is 0.465 e. The molecule has 1 unspecified atom stereocenters. The second-order valence-corrected chi connectivity index (χ2v) is 8.45. The maximum absolute atomic E-state index is 12.6. The number of hydroxylamine groups is 1. The molecule has 1 fully saturated rings. The number of aromatic nitrogens is 2. The lowest BCUT2D eigenvalue weighted by atomic mass is 10.0. The van der Waals surface area contributed by atoms with Gasteiger partial charge in [0.15, 0.2) is 0 Å². The summed E-state index contributed by atoms with van der Waals surface area (Å²) in [6, 6.07) is -0.380. The molecule has 1 aromatic heterocycles. The predicted molar refractivity (Wildman–Crippen MR) is 109 cm³/mol. The van der Waals surface area contributed by atoms with E-state index in [1.54, 1.807) is 37.5 Å². The zero-order chi connectivity index (χ0) is 24.1. The van der Waals surface area contributed by atoms with Crippen molar-refractivity contribution in [2.24, 2.45) is 0 Å². The molecule has 0 aromatic carbocycles. The third-order valence-corrected chi connectivity index (χ3v) is 4.93. The number of carbonyl (C=O) groups excluding carboxylic acids is 1. The number of hydrogen-bond acceptors (Lipinski definition) is 7. The van der Waals surface area contributed by atoms with E-state index in [9.17, 15) is 27.9 Å². The summed E-state index contributed by atoms with van der Waals surface area (Å²) in [5, 5.41) is 9.38. The minimum absolute atomic E-state index is 0.179. The fourth-order valence-electron chi connectivity index (χ4n) is 3.40. The molecule has 32 heavy (non-hydrogen) atoms. The fourth-order valence-corrected chi connectivity index (χ4v) is 3.40. The highest BCUT2D eigenvalue weighted by molar-refractivity contribution is 5.77. The Labute approximate surface area is 184 Å². The molecule has 2 heterocycles. The van der Waals surface area contributed by atoms with Crippen molar-refractivity contribution in [2.75, 3.05) is 44.2 Å². The van der Waals surface area contributed by atoms with Crippen LogP contribution in [0.1, 0.15) is 33.3 Å². The van der Waals surface area contributed by atoms with Crippen LogP contribution in [-0.4, -0.2) is 87.8 Å². The van der Waals surface area contributed by atoms with Crippen LogP contribution in [-0.2, 0) is 15.8 Å². The molecule has 1 aromatic rings. The van der Waals surface area contributed by atoms with Crippen LogP contribution in [0.25, 0.3) is 0 Å². The molecule has 1 saturated heterocycles. The molecule has 1 aliphatic heterocycles. The summed E-state index contributed by atoms with van der Waals surface area (Å²) < 4.78 is 37.9. The average Bonchev–Trinajstić information content (AvgIpc) is 2.69. The Morgan fingerprint density at radius 2 is 1.75 bits per heavy atom. The molecule has 0 spiro atoms.